The predicted octanol–water partition coefficient (Wildman–Crippen LogP) is 5.24. The van der Waals surface area contributed by atoms with Crippen LogP contribution in [0.1, 0.15) is 55.8 Å². The van der Waals surface area contributed by atoms with Crippen LogP contribution in [0.15, 0.2) is 58.1 Å². The van der Waals surface area contributed by atoms with Crippen molar-refractivity contribution in [1.82, 2.24) is 15.0 Å². The van der Waals surface area contributed by atoms with Crippen LogP contribution in [0.25, 0.3) is 11.0 Å². The number of rotatable bonds is 7. The molecule has 8 nitrogen and oxygen atoms in total. The Labute approximate surface area is 199 Å². The molecule has 4 aromatic heterocycles. The van der Waals surface area contributed by atoms with Gasteiger partial charge in [-0.25, -0.2) is 5.26 Å². The Hall–Kier alpha value is -4.12. The van der Waals surface area contributed by atoms with Gasteiger partial charge >= 0.3 is 0 Å². The molecule has 0 atom stereocenters. The highest BCUT2D eigenvalue weighted by atomic mass is 16.3. The molecule has 0 aliphatic carbocycles. The second-order valence-corrected chi connectivity index (χ2v) is 8.07. The monoisotopic (exact) mass is 461 g/mol. The lowest BCUT2D eigenvalue weighted by Crippen LogP contribution is -2.08. The first-order valence-corrected chi connectivity index (χ1v) is 11.0. The lowest BCUT2D eigenvalue weighted by atomic mass is 10.1. The molecule has 3 N–H and O–H groups in total. The zero-order chi connectivity index (χ0) is 25.1. The molecule has 34 heavy (non-hydrogen) atoms. The third kappa shape index (κ3) is 7.20. The number of Topliss-reactive ketones (excluding diaryl/α,β-unsaturated/α-hetero) is 1. The maximum atomic E-state index is 11.9. The van der Waals surface area contributed by atoms with Crippen molar-refractivity contribution in [3.63, 3.8) is 0 Å². The van der Waals surface area contributed by atoms with Gasteiger partial charge in [0.1, 0.15) is 11.5 Å². The summed E-state index contributed by atoms with van der Waals surface area (Å²) < 4.78 is 5.30. The van der Waals surface area contributed by atoms with E-state index in [0.29, 0.717) is 25.3 Å². The molecule has 0 bridgehead atoms. The molecule has 0 aliphatic heterocycles. The first kappa shape index (κ1) is 26.1. The highest BCUT2D eigenvalue weighted by Gasteiger charge is 2.13. The number of ketones is 1. The van der Waals surface area contributed by atoms with E-state index in [1.807, 2.05) is 43.5 Å². The quantitative estimate of drug-likeness (QED) is 0.345. The number of hydrogen-bond donors (Lipinski definition) is 3. The fourth-order valence-corrected chi connectivity index (χ4v) is 3.37. The minimum atomic E-state index is -0.167. The Bertz CT molecular complexity index is 1250. The van der Waals surface area contributed by atoms with Crippen molar-refractivity contribution < 1.29 is 9.21 Å². The Morgan fingerprint density at radius 3 is 2.50 bits per heavy atom. The van der Waals surface area contributed by atoms with Crippen LogP contribution in [0, 0.1) is 18.8 Å². The summed E-state index contributed by atoms with van der Waals surface area (Å²) >= 11 is 0. The fourth-order valence-electron chi connectivity index (χ4n) is 3.37. The van der Waals surface area contributed by atoms with E-state index < -0.39 is 0 Å². The van der Waals surface area contributed by atoms with Crippen molar-refractivity contribution in [3.8, 4) is 6.57 Å². The summed E-state index contributed by atoms with van der Waals surface area (Å²) in [4.78, 5) is 33.5. The highest BCUT2D eigenvalue weighted by Crippen LogP contribution is 2.26. The van der Waals surface area contributed by atoms with Crippen LogP contribution in [-0.2, 0) is 17.8 Å². The number of furan rings is 1. The highest BCUT2D eigenvalue weighted by molar-refractivity contribution is 5.91. The number of carbonyl (C=O) groups is 1. The van der Waals surface area contributed by atoms with Gasteiger partial charge in [-0.05, 0) is 56.0 Å². The summed E-state index contributed by atoms with van der Waals surface area (Å²) in [5, 5.41) is 9.72. The van der Waals surface area contributed by atoms with Gasteiger partial charge in [-0.15, -0.1) is 0 Å². The predicted molar refractivity (Wildman–Crippen MR) is 134 cm³/mol. The Balaban J connectivity index is 0.000000311. The van der Waals surface area contributed by atoms with Crippen LogP contribution in [0.5, 0.6) is 0 Å². The number of nitriles is 1. The van der Waals surface area contributed by atoms with E-state index in [1.165, 1.54) is 6.07 Å². The molecule has 0 radical (unpaired) electrons. The largest absolute Gasteiger partial charge is 0.467 e. The number of aromatic amines is 2. The number of carbonyl (C=O) groups excluding carboxylic acids is 1. The molecule has 0 aliphatic rings. The number of aryl methyl sites for hydroxylation is 2. The number of fused-ring (bicyclic) bond motifs is 1. The number of nitrogens with one attached hydrogen (secondary N) is 3. The third-order valence-electron chi connectivity index (χ3n) is 5.19. The Morgan fingerprint density at radius 2 is 1.94 bits per heavy atom. The number of H-pyrrole nitrogens is 2. The van der Waals surface area contributed by atoms with E-state index in [0.717, 1.165) is 39.4 Å². The third-order valence-corrected chi connectivity index (χ3v) is 5.19. The lowest BCUT2D eigenvalue weighted by molar-refractivity contribution is -0.116. The van der Waals surface area contributed by atoms with Crippen LogP contribution in [-0.4, -0.2) is 20.7 Å². The van der Waals surface area contributed by atoms with Gasteiger partial charge in [0, 0.05) is 36.6 Å². The smallest absolute Gasteiger partial charge is 0.250 e. The molecule has 0 saturated heterocycles. The molecule has 0 amide bonds. The molecule has 4 aromatic rings. The van der Waals surface area contributed by atoms with Gasteiger partial charge < -0.3 is 24.5 Å². The van der Waals surface area contributed by atoms with Crippen molar-refractivity contribution in [2.75, 3.05) is 5.32 Å². The first-order chi connectivity index (χ1) is 16.3. The van der Waals surface area contributed by atoms with Gasteiger partial charge in [0.25, 0.3) is 5.56 Å². The second-order valence-electron chi connectivity index (χ2n) is 8.07. The van der Waals surface area contributed by atoms with Crippen LogP contribution >= 0.6 is 0 Å². The van der Waals surface area contributed by atoms with Crippen LogP contribution in [0.4, 0.5) is 5.69 Å². The van der Waals surface area contributed by atoms with Crippen LogP contribution in [0.3, 0.4) is 0 Å². The Kier molecular flexibility index (Phi) is 9.84. The average Bonchev–Trinajstić information content (AvgIpc) is 3.47. The summed E-state index contributed by atoms with van der Waals surface area (Å²) in [5.74, 6) is 1.48. The number of aromatic nitrogens is 3. The van der Waals surface area contributed by atoms with E-state index >= 15 is 0 Å². The fraction of sp³-hybridized carbons (Fsp3) is 0.308. The molecule has 0 unspecified atom stereocenters. The molecule has 0 saturated carbocycles. The zero-order valence-electron chi connectivity index (χ0n) is 20.0. The standard InChI is InChI=1S/C17H19N3O3.C8H11N.CHN/c1-10(21)5-6-13-11(2)16-17(19-13)14(8-15(22)20-16)18-9-12-4-3-7-23-12;1-7(2)8-5-3-4-6-9-8;1-2/h3-4,7-8,19H,5-6,9H2,1-2H3,(H2,18,20,22);3-7H,1-2H3;1H. The van der Waals surface area contributed by atoms with E-state index in [-0.39, 0.29) is 11.3 Å². The van der Waals surface area contributed by atoms with Crippen molar-refractivity contribution in [2.24, 2.45) is 0 Å². The maximum Gasteiger partial charge on any atom is 0.250 e. The lowest BCUT2D eigenvalue weighted by Gasteiger charge is -2.05. The zero-order valence-corrected chi connectivity index (χ0v) is 20.0. The molecular weight excluding hydrogens is 430 g/mol. The summed E-state index contributed by atoms with van der Waals surface area (Å²) in [6.45, 7) is 11.8. The number of anilines is 1. The molecule has 8 heteroatoms. The van der Waals surface area contributed by atoms with Crippen molar-refractivity contribution in [2.45, 2.75) is 53.0 Å². The average molecular weight is 462 g/mol. The van der Waals surface area contributed by atoms with Crippen LogP contribution < -0.4 is 10.9 Å². The minimum absolute atomic E-state index is 0.146. The summed E-state index contributed by atoms with van der Waals surface area (Å²) in [5.41, 5.74) is 5.28. The van der Waals surface area contributed by atoms with Gasteiger partial charge in [0.05, 0.1) is 29.5 Å². The minimum Gasteiger partial charge on any atom is -0.467 e. The van der Waals surface area contributed by atoms with Gasteiger partial charge in [-0.3, -0.25) is 9.78 Å². The number of hydrogen-bond acceptors (Lipinski definition) is 6. The van der Waals surface area contributed by atoms with Gasteiger partial charge in [-0.1, -0.05) is 19.9 Å². The molecule has 4 heterocycles. The van der Waals surface area contributed by atoms with Crippen molar-refractivity contribution in [3.05, 3.63) is 81.9 Å². The molecule has 178 valence electrons. The van der Waals surface area contributed by atoms with Crippen molar-refractivity contribution >= 4 is 22.5 Å². The number of nitrogens with zero attached hydrogens (tertiary/aromatic N) is 2. The topological polar surface area (TPSA) is 128 Å². The molecule has 0 spiro atoms. The van der Waals surface area contributed by atoms with E-state index in [1.54, 1.807) is 13.2 Å². The van der Waals surface area contributed by atoms with Gasteiger partial charge in [0.15, 0.2) is 0 Å². The molecule has 0 fully saturated rings. The Morgan fingerprint density at radius 1 is 1.18 bits per heavy atom. The normalized spacial score (nSPS) is 10.2. The van der Waals surface area contributed by atoms with E-state index in [2.05, 4.69) is 40.7 Å². The van der Waals surface area contributed by atoms with E-state index in [9.17, 15) is 9.59 Å². The number of pyridine rings is 2. The second kappa shape index (κ2) is 12.8. The van der Waals surface area contributed by atoms with Gasteiger partial charge in [-0.2, -0.15) is 0 Å². The van der Waals surface area contributed by atoms with Gasteiger partial charge in [0.2, 0.25) is 0 Å². The molecular formula is C26H31N5O3. The molecule has 4 rings (SSSR count). The van der Waals surface area contributed by atoms with E-state index in [4.69, 9.17) is 9.68 Å². The maximum absolute atomic E-state index is 11.9. The van der Waals surface area contributed by atoms with Crippen LogP contribution in [0.2, 0.25) is 0 Å². The SMILES string of the molecule is C#N.CC(=O)CCc1[nH]c2c(NCc3ccco3)cc(=O)[nH]c2c1C.CC(C)c1ccccn1. The van der Waals surface area contributed by atoms with Crippen molar-refractivity contribution in [1.29, 1.82) is 5.26 Å². The summed E-state index contributed by atoms with van der Waals surface area (Å²) in [7, 11) is 0. The first-order valence-electron chi connectivity index (χ1n) is 11.0. The summed E-state index contributed by atoms with van der Waals surface area (Å²) in [6.07, 6.45) is 4.56. The summed E-state index contributed by atoms with van der Waals surface area (Å²) in [6, 6.07) is 11.2. The molecule has 0 aromatic carbocycles.